The average Bonchev–Trinajstić information content (AvgIpc) is 2.77. The van der Waals surface area contributed by atoms with Crippen LogP contribution in [0.15, 0.2) is 101 Å². The highest BCUT2D eigenvalue weighted by atomic mass is 31.2. The summed E-state index contributed by atoms with van der Waals surface area (Å²) in [6.07, 6.45) is 0.340. The molecular formula is C22H22N3O2P. The van der Waals surface area contributed by atoms with Gasteiger partial charge < -0.3 is 4.57 Å². The van der Waals surface area contributed by atoms with Crippen molar-refractivity contribution in [2.75, 3.05) is 6.16 Å². The van der Waals surface area contributed by atoms with Crippen LogP contribution in [0.25, 0.3) is 0 Å². The number of benzene rings is 3. The first kappa shape index (κ1) is 19.7. The van der Waals surface area contributed by atoms with Gasteiger partial charge in [0.2, 0.25) is 5.91 Å². The number of nitrogens with one attached hydrogen (secondary N) is 1. The summed E-state index contributed by atoms with van der Waals surface area (Å²) in [5, 5.41) is 9.21. The molecule has 0 heterocycles. The van der Waals surface area contributed by atoms with Crippen LogP contribution in [0.2, 0.25) is 0 Å². The molecule has 0 spiro atoms. The maximum absolute atomic E-state index is 13.8. The van der Waals surface area contributed by atoms with Crippen LogP contribution in [0.4, 0.5) is 0 Å². The standard InChI is InChI=1S/C22H22N3O2P/c26-22(24-25-23-18-19-10-4-1-5-11-19)16-17-28(27,20-12-6-2-7-13-20)21-14-8-3-9-15-21/h1-15H,16-18H2,(H,23,24,26). The summed E-state index contributed by atoms with van der Waals surface area (Å²) in [6.45, 7) is 0.396. The lowest BCUT2D eigenvalue weighted by molar-refractivity contribution is -0.120. The second-order valence-corrected chi connectivity index (χ2v) is 9.26. The van der Waals surface area contributed by atoms with E-state index in [1.165, 1.54) is 0 Å². The predicted molar refractivity (Wildman–Crippen MR) is 112 cm³/mol. The predicted octanol–water partition coefficient (Wildman–Crippen LogP) is 4.07. The number of hydrogen-bond donors (Lipinski definition) is 1. The van der Waals surface area contributed by atoms with Crippen LogP contribution in [-0.4, -0.2) is 12.1 Å². The molecule has 0 unspecified atom stereocenters. The third-order valence-corrected chi connectivity index (χ3v) is 7.46. The molecule has 1 amide bonds. The van der Waals surface area contributed by atoms with E-state index in [-0.39, 0.29) is 18.5 Å². The summed E-state index contributed by atoms with van der Waals surface area (Å²) < 4.78 is 13.8. The summed E-state index contributed by atoms with van der Waals surface area (Å²) in [5.41, 5.74) is 3.44. The SMILES string of the molecule is O=C(CCP(=O)(c1ccccc1)c1ccccc1)NN=NCc1ccccc1. The number of hydrogen-bond acceptors (Lipinski definition) is 4. The zero-order valence-electron chi connectivity index (χ0n) is 15.4. The lowest BCUT2D eigenvalue weighted by Gasteiger charge is -2.18. The number of rotatable bonds is 8. The van der Waals surface area contributed by atoms with Gasteiger partial charge in [-0.2, -0.15) is 5.11 Å². The number of amides is 1. The molecule has 5 nitrogen and oxygen atoms in total. The first-order chi connectivity index (χ1) is 13.7. The summed E-state index contributed by atoms with van der Waals surface area (Å²) in [6, 6.07) is 28.3. The van der Waals surface area contributed by atoms with Crippen LogP contribution in [0.1, 0.15) is 12.0 Å². The zero-order valence-corrected chi connectivity index (χ0v) is 16.3. The lowest BCUT2D eigenvalue weighted by Crippen LogP contribution is -2.23. The monoisotopic (exact) mass is 391 g/mol. The van der Waals surface area contributed by atoms with Gasteiger partial charge in [-0.15, -0.1) is 0 Å². The molecule has 0 radical (unpaired) electrons. The second kappa shape index (κ2) is 9.77. The summed E-state index contributed by atoms with van der Waals surface area (Å²) >= 11 is 0. The molecule has 0 bridgehead atoms. The van der Waals surface area contributed by atoms with Crippen LogP contribution < -0.4 is 16.0 Å². The van der Waals surface area contributed by atoms with Gasteiger partial charge in [0.1, 0.15) is 7.14 Å². The molecule has 0 aliphatic heterocycles. The molecule has 0 aliphatic rings. The molecule has 0 aliphatic carbocycles. The van der Waals surface area contributed by atoms with Crippen LogP contribution in [-0.2, 0) is 15.9 Å². The van der Waals surface area contributed by atoms with Crippen molar-refractivity contribution in [3.8, 4) is 0 Å². The van der Waals surface area contributed by atoms with Gasteiger partial charge in [0.05, 0.1) is 6.54 Å². The van der Waals surface area contributed by atoms with Crippen molar-refractivity contribution in [2.24, 2.45) is 10.3 Å². The van der Waals surface area contributed by atoms with E-state index in [0.717, 1.165) is 16.2 Å². The molecule has 0 saturated heterocycles. The fraction of sp³-hybridized carbons (Fsp3) is 0.136. The van der Waals surface area contributed by atoms with Crippen LogP contribution in [0.3, 0.4) is 0 Å². The summed E-state index contributed by atoms with van der Waals surface area (Å²) in [7, 11) is -2.90. The van der Waals surface area contributed by atoms with E-state index < -0.39 is 7.14 Å². The minimum Gasteiger partial charge on any atom is -0.314 e. The summed E-state index contributed by atoms with van der Waals surface area (Å²) in [4.78, 5) is 12.2. The summed E-state index contributed by atoms with van der Waals surface area (Å²) in [5.74, 6) is -0.302. The van der Waals surface area contributed by atoms with Gasteiger partial charge >= 0.3 is 0 Å². The molecule has 0 saturated carbocycles. The molecule has 3 rings (SSSR count). The molecule has 6 heteroatoms. The average molecular weight is 391 g/mol. The Morgan fingerprint density at radius 1 is 0.786 bits per heavy atom. The zero-order chi connectivity index (χ0) is 19.7. The highest BCUT2D eigenvalue weighted by molar-refractivity contribution is 7.78. The minimum absolute atomic E-state index is 0.103. The van der Waals surface area contributed by atoms with E-state index in [9.17, 15) is 9.36 Å². The molecule has 1 N–H and O–H groups in total. The Balaban J connectivity index is 1.62. The largest absolute Gasteiger partial charge is 0.314 e. The van der Waals surface area contributed by atoms with Crippen molar-refractivity contribution in [3.63, 3.8) is 0 Å². The quantitative estimate of drug-likeness (QED) is 0.357. The number of carbonyl (C=O) groups is 1. The van der Waals surface area contributed by atoms with Crippen LogP contribution in [0, 0.1) is 0 Å². The van der Waals surface area contributed by atoms with E-state index in [2.05, 4.69) is 15.8 Å². The van der Waals surface area contributed by atoms with Crippen molar-refractivity contribution in [2.45, 2.75) is 13.0 Å². The Kier molecular flexibility index (Phi) is 6.88. The smallest absolute Gasteiger partial charge is 0.241 e. The maximum Gasteiger partial charge on any atom is 0.241 e. The molecule has 0 aromatic heterocycles. The second-order valence-electron chi connectivity index (χ2n) is 6.30. The van der Waals surface area contributed by atoms with Gasteiger partial charge in [0.25, 0.3) is 0 Å². The molecule has 28 heavy (non-hydrogen) atoms. The fourth-order valence-corrected chi connectivity index (χ4v) is 5.49. The van der Waals surface area contributed by atoms with Crippen molar-refractivity contribution >= 4 is 23.7 Å². The molecule has 3 aromatic carbocycles. The third kappa shape index (κ3) is 5.24. The Morgan fingerprint density at radius 3 is 1.82 bits per heavy atom. The number of nitrogens with zero attached hydrogens (tertiary/aromatic N) is 2. The Morgan fingerprint density at radius 2 is 1.29 bits per heavy atom. The van der Waals surface area contributed by atoms with Crippen molar-refractivity contribution in [1.29, 1.82) is 0 Å². The highest BCUT2D eigenvalue weighted by Gasteiger charge is 2.27. The van der Waals surface area contributed by atoms with E-state index in [1.807, 2.05) is 91.0 Å². The van der Waals surface area contributed by atoms with Gasteiger partial charge in [0, 0.05) is 23.2 Å². The molecule has 0 fully saturated rings. The molecule has 0 atom stereocenters. The van der Waals surface area contributed by atoms with Gasteiger partial charge in [-0.05, 0) is 5.56 Å². The van der Waals surface area contributed by atoms with Crippen molar-refractivity contribution in [1.82, 2.24) is 5.43 Å². The van der Waals surface area contributed by atoms with E-state index in [0.29, 0.717) is 6.54 Å². The van der Waals surface area contributed by atoms with Crippen LogP contribution in [0.5, 0.6) is 0 Å². The molecule has 142 valence electrons. The van der Waals surface area contributed by atoms with Crippen molar-refractivity contribution < 1.29 is 9.36 Å². The normalized spacial score (nSPS) is 11.4. The topological polar surface area (TPSA) is 70.9 Å². The Hall–Kier alpha value is -3.04. The third-order valence-electron chi connectivity index (χ3n) is 4.34. The molecular weight excluding hydrogens is 369 g/mol. The van der Waals surface area contributed by atoms with E-state index in [4.69, 9.17) is 0 Å². The minimum atomic E-state index is -2.90. The number of carbonyl (C=O) groups excluding carboxylic acids is 1. The fourth-order valence-electron chi connectivity index (χ4n) is 2.85. The van der Waals surface area contributed by atoms with Gasteiger partial charge in [-0.25, -0.2) is 5.43 Å². The van der Waals surface area contributed by atoms with E-state index >= 15 is 0 Å². The Bertz CT molecular complexity index is 917. The van der Waals surface area contributed by atoms with Crippen molar-refractivity contribution in [3.05, 3.63) is 96.6 Å². The van der Waals surface area contributed by atoms with Gasteiger partial charge in [0.15, 0.2) is 0 Å². The first-order valence-corrected chi connectivity index (χ1v) is 11.0. The highest BCUT2D eigenvalue weighted by Crippen LogP contribution is 2.43. The molecule has 3 aromatic rings. The van der Waals surface area contributed by atoms with E-state index in [1.54, 1.807) is 0 Å². The maximum atomic E-state index is 13.8. The lowest BCUT2D eigenvalue weighted by atomic mass is 10.2. The first-order valence-electron chi connectivity index (χ1n) is 9.08. The Labute approximate surface area is 164 Å². The van der Waals surface area contributed by atoms with Crippen LogP contribution >= 0.6 is 7.14 Å². The van der Waals surface area contributed by atoms with Gasteiger partial charge in [-0.3, -0.25) is 4.79 Å². The van der Waals surface area contributed by atoms with Gasteiger partial charge in [-0.1, -0.05) is 96.2 Å².